The summed E-state index contributed by atoms with van der Waals surface area (Å²) < 4.78 is 7.21. The maximum Gasteiger partial charge on any atom is 0.338 e. The van der Waals surface area contributed by atoms with Crippen LogP contribution in [-0.2, 0) is 11.8 Å². The first-order chi connectivity index (χ1) is 10.1. The molecule has 1 aromatic heterocycles. The van der Waals surface area contributed by atoms with Crippen molar-refractivity contribution in [2.75, 3.05) is 5.32 Å². The van der Waals surface area contributed by atoms with Gasteiger partial charge < -0.3 is 10.1 Å². The van der Waals surface area contributed by atoms with Crippen molar-refractivity contribution in [3.63, 3.8) is 0 Å². The predicted molar refractivity (Wildman–Crippen MR) is 80.5 cm³/mol. The molecule has 1 atom stereocenters. The summed E-state index contributed by atoms with van der Waals surface area (Å²) in [5.74, 6) is 0.287. The van der Waals surface area contributed by atoms with Crippen LogP contribution in [0.4, 0.5) is 11.4 Å². The van der Waals surface area contributed by atoms with Crippen molar-refractivity contribution in [3.8, 4) is 0 Å². The summed E-state index contributed by atoms with van der Waals surface area (Å²) in [6.45, 7) is 1.97. The van der Waals surface area contributed by atoms with Gasteiger partial charge in [0.15, 0.2) is 0 Å². The number of carbonyl (C=O) groups is 1. The first-order valence-corrected chi connectivity index (χ1v) is 7.18. The van der Waals surface area contributed by atoms with Crippen LogP contribution in [0.25, 0.3) is 0 Å². The molecular formula is C16H19N3O2. The molecule has 1 N–H and O–H groups in total. The third-order valence-electron chi connectivity index (χ3n) is 3.67. The summed E-state index contributed by atoms with van der Waals surface area (Å²) in [5, 5.41) is 7.32. The topological polar surface area (TPSA) is 56.1 Å². The Bertz CT molecular complexity index is 646. The average Bonchev–Trinajstić information content (AvgIpc) is 3.23. The van der Waals surface area contributed by atoms with Crippen LogP contribution >= 0.6 is 0 Å². The summed E-state index contributed by atoms with van der Waals surface area (Å²) in [7, 11) is 1.86. The SMILES string of the molecule is C[C@H](OC(=O)c1cccc(Nc2cnn(C)c2)c1)C1CC1. The normalized spacial score (nSPS) is 15.5. The molecule has 21 heavy (non-hydrogen) atoms. The maximum absolute atomic E-state index is 12.1. The summed E-state index contributed by atoms with van der Waals surface area (Å²) in [4.78, 5) is 12.1. The van der Waals surface area contributed by atoms with Gasteiger partial charge in [-0.3, -0.25) is 4.68 Å². The molecule has 0 spiro atoms. The lowest BCUT2D eigenvalue weighted by molar-refractivity contribution is 0.0295. The van der Waals surface area contributed by atoms with E-state index in [4.69, 9.17) is 4.74 Å². The van der Waals surface area contributed by atoms with E-state index >= 15 is 0 Å². The van der Waals surface area contributed by atoms with E-state index in [2.05, 4.69) is 10.4 Å². The van der Waals surface area contributed by atoms with Crippen molar-refractivity contribution in [1.29, 1.82) is 0 Å². The Morgan fingerprint density at radius 3 is 2.90 bits per heavy atom. The van der Waals surface area contributed by atoms with Crippen molar-refractivity contribution in [2.45, 2.75) is 25.9 Å². The van der Waals surface area contributed by atoms with E-state index in [0.717, 1.165) is 24.2 Å². The molecule has 0 radical (unpaired) electrons. The van der Waals surface area contributed by atoms with Crippen molar-refractivity contribution in [2.24, 2.45) is 13.0 Å². The zero-order valence-corrected chi connectivity index (χ0v) is 12.2. The average molecular weight is 285 g/mol. The number of nitrogens with one attached hydrogen (secondary N) is 1. The highest BCUT2D eigenvalue weighted by Gasteiger charge is 2.30. The molecule has 5 heteroatoms. The number of rotatable bonds is 5. The van der Waals surface area contributed by atoms with Gasteiger partial charge >= 0.3 is 5.97 Å². The largest absolute Gasteiger partial charge is 0.459 e. The van der Waals surface area contributed by atoms with Crippen LogP contribution in [0.2, 0.25) is 0 Å². The van der Waals surface area contributed by atoms with Gasteiger partial charge in [0.25, 0.3) is 0 Å². The lowest BCUT2D eigenvalue weighted by atomic mass is 10.2. The number of aryl methyl sites for hydroxylation is 1. The number of anilines is 2. The standard InChI is InChI=1S/C16H19N3O2/c1-11(12-6-7-12)21-16(20)13-4-3-5-14(8-13)18-15-9-17-19(2)10-15/h3-5,8-12,18H,6-7H2,1-2H3/t11-/m0/s1. The second kappa shape index (κ2) is 5.60. The van der Waals surface area contributed by atoms with E-state index in [1.807, 2.05) is 32.3 Å². The number of hydrogen-bond donors (Lipinski definition) is 1. The summed E-state index contributed by atoms with van der Waals surface area (Å²) >= 11 is 0. The van der Waals surface area contributed by atoms with E-state index in [-0.39, 0.29) is 12.1 Å². The molecular weight excluding hydrogens is 266 g/mol. The van der Waals surface area contributed by atoms with Crippen LogP contribution in [0.1, 0.15) is 30.1 Å². The highest BCUT2D eigenvalue weighted by atomic mass is 16.5. The number of nitrogens with zero attached hydrogens (tertiary/aromatic N) is 2. The van der Waals surface area contributed by atoms with Crippen LogP contribution in [0.15, 0.2) is 36.7 Å². The van der Waals surface area contributed by atoms with Crippen molar-refractivity contribution in [3.05, 3.63) is 42.2 Å². The van der Waals surface area contributed by atoms with E-state index in [1.54, 1.807) is 23.0 Å². The first kappa shape index (κ1) is 13.7. The van der Waals surface area contributed by atoms with E-state index in [1.165, 1.54) is 0 Å². The van der Waals surface area contributed by atoms with Crippen LogP contribution in [-0.4, -0.2) is 21.9 Å². The summed E-state index contributed by atoms with van der Waals surface area (Å²) in [5.41, 5.74) is 2.29. The number of carbonyl (C=O) groups excluding carboxylic acids is 1. The second-order valence-electron chi connectivity index (χ2n) is 5.56. The van der Waals surface area contributed by atoms with E-state index in [0.29, 0.717) is 11.5 Å². The minimum Gasteiger partial charge on any atom is -0.459 e. The highest BCUT2D eigenvalue weighted by Crippen LogP contribution is 2.34. The lowest BCUT2D eigenvalue weighted by Gasteiger charge is -2.12. The fourth-order valence-corrected chi connectivity index (χ4v) is 2.28. The third-order valence-corrected chi connectivity index (χ3v) is 3.67. The summed E-state index contributed by atoms with van der Waals surface area (Å²) in [6, 6.07) is 7.33. The quantitative estimate of drug-likeness (QED) is 0.858. The molecule has 1 fully saturated rings. The Morgan fingerprint density at radius 2 is 2.24 bits per heavy atom. The molecule has 1 aliphatic carbocycles. The van der Waals surface area contributed by atoms with E-state index < -0.39 is 0 Å². The first-order valence-electron chi connectivity index (χ1n) is 7.18. The molecule has 2 aromatic rings. The fraction of sp³-hybridized carbons (Fsp3) is 0.375. The van der Waals surface area contributed by atoms with Gasteiger partial charge in [-0.05, 0) is 43.9 Å². The van der Waals surface area contributed by atoms with Crippen LogP contribution in [0.5, 0.6) is 0 Å². The molecule has 5 nitrogen and oxygen atoms in total. The smallest absolute Gasteiger partial charge is 0.338 e. The molecule has 1 saturated carbocycles. The Morgan fingerprint density at radius 1 is 1.43 bits per heavy atom. The Labute approximate surface area is 123 Å². The van der Waals surface area contributed by atoms with Gasteiger partial charge in [0.2, 0.25) is 0 Å². The fourth-order valence-electron chi connectivity index (χ4n) is 2.28. The zero-order chi connectivity index (χ0) is 14.8. The third kappa shape index (κ3) is 3.42. The molecule has 110 valence electrons. The van der Waals surface area contributed by atoms with Gasteiger partial charge in [0, 0.05) is 18.9 Å². The molecule has 3 rings (SSSR count). The molecule has 0 bridgehead atoms. The van der Waals surface area contributed by atoms with E-state index in [9.17, 15) is 4.79 Å². The Hall–Kier alpha value is -2.30. The number of ether oxygens (including phenoxy) is 1. The molecule has 1 aliphatic rings. The highest BCUT2D eigenvalue weighted by molar-refractivity contribution is 5.90. The number of esters is 1. The molecule has 0 unspecified atom stereocenters. The Kier molecular flexibility index (Phi) is 3.64. The van der Waals surface area contributed by atoms with Crippen LogP contribution < -0.4 is 5.32 Å². The monoisotopic (exact) mass is 285 g/mol. The van der Waals surface area contributed by atoms with Gasteiger partial charge in [-0.2, -0.15) is 5.10 Å². The van der Waals surface area contributed by atoms with Crippen LogP contribution in [0.3, 0.4) is 0 Å². The van der Waals surface area contributed by atoms with Crippen molar-refractivity contribution in [1.82, 2.24) is 9.78 Å². The predicted octanol–water partition coefficient (Wildman–Crippen LogP) is 3.12. The summed E-state index contributed by atoms with van der Waals surface area (Å²) in [6.07, 6.45) is 5.95. The lowest BCUT2D eigenvalue weighted by Crippen LogP contribution is -2.16. The van der Waals surface area contributed by atoms with Crippen LogP contribution in [0, 0.1) is 5.92 Å². The van der Waals surface area contributed by atoms with Crippen molar-refractivity contribution < 1.29 is 9.53 Å². The van der Waals surface area contributed by atoms with Gasteiger partial charge in [-0.15, -0.1) is 0 Å². The zero-order valence-electron chi connectivity index (χ0n) is 12.2. The Balaban J connectivity index is 1.68. The van der Waals surface area contributed by atoms with Gasteiger partial charge in [0.1, 0.15) is 6.10 Å². The van der Waals surface area contributed by atoms with Gasteiger partial charge in [0.05, 0.1) is 17.4 Å². The van der Waals surface area contributed by atoms with Crippen molar-refractivity contribution >= 4 is 17.3 Å². The molecule has 1 aromatic carbocycles. The number of benzene rings is 1. The van der Waals surface area contributed by atoms with Gasteiger partial charge in [-0.25, -0.2) is 4.79 Å². The molecule has 0 amide bonds. The number of hydrogen-bond acceptors (Lipinski definition) is 4. The molecule has 0 saturated heterocycles. The molecule has 1 heterocycles. The number of aromatic nitrogens is 2. The molecule has 0 aliphatic heterocycles. The maximum atomic E-state index is 12.1. The minimum atomic E-state index is -0.260. The minimum absolute atomic E-state index is 0.00689. The van der Waals surface area contributed by atoms with Gasteiger partial charge in [-0.1, -0.05) is 6.07 Å². The second-order valence-corrected chi connectivity index (χ2v) is 5.56.